The van der Waals surface area contributed by atoms with Gasteiger partial charge in [-0.3, -0.25) is 4.79 Å². The van der Waals surface area contributed by atoms with Gasteiger partial charge in [-0.2, -0.15) is 0 Å². The van der Waals surface area contributed by atoms with E-state index in [9.17, 15) is 14.4 Å². The van der Waals surface area contributed by atoms with Crippen LogP contribution in [0.5, 0.6) is 0 Å². The summed E-state index contributed by atoms with van der Waals surface area (Å²) in [5.74, 6) is -4.23. The van der Waals surface area contributed by atoms with E-state index in [1.165, 1.54) is 6.20 Å². The summed E-state index contributed by atoms with van der Waals surface area (Å²) in [4.78, 5) is 36.8. The van der Waals surface area contributed by atoms with Crippen molar-refractivity contribution in [2.24, 2.45) is 0 Å². The molecule has 2 aromatic rings. The summed E-state index contributed by atoms with van der Waals surface area (Å²) in [7, 11) is 0. The monoisotopic (exact) mass is 289 g/mol. The first-order valence-corrected chi connectivity index (χ1v) is 5.47. The van der Waals surface area contributed by atoms with Gasteiger partial charge in [0, 0.05) is 11.6 Å². The molecule has 0 aromatic carbocycles. The first-order valence-electron chi connectivity index (χ1n) is 4.65. The third-order valence-corrected chi connectivity index (χ3v) is 3.19. The average molecular weight is 289 g/mol. The molecule has 2 rings (SSSR count). The van der Waals surface area contributed by atoms with E-state index < -0.39 is 17.8 Å². The zero-order chi connectivity index (χ0) is 13.3. The van der Waals surface area contributed by atoms with E-state index in [-0.39, 0.29) is 40.1 Å². The number of fused-ring (bicyclic) bond motifs is 1. The van der Waals surface area contributed by atoms with Gasteiger partial charge in [0.15, 0.2) is 0 Å². The molecule has 92 valence electrons. The summed E-state index contributed by atoms with van der Waals surface area (Å²) >= 11 is 0.867. The number of hydrogen-bond donors (Lipinski definition) is 3. The van der Waals surface area contributed by atoms with Gasteiger partial charge in [-0.05, 0) is 12.1 Å². The van der Waals surface area contributed by atoms with Crippen LogP contribution in [0.4, 0.5) is 5.69 Å². The van der Waals surface area contributed by atoms with Crippen LogP contribution in [0.25, 0.3) is 10.2 Å². The first-order chi connectivity index (χ1) is 8.50. The molecular formula is C10H6N2NaO5S+. The summed E-state index contributed by atoms with van der Waals surface area (Å²) in [5.41, 5.74) is -0.0389. The van der Waals surface area contributed by atoms with Crippen LogP contribution in [0, 0.1) is 0 Å². The maximum absolute atomic E-state index is 11.1. The minimum absolute atomic E-state index is 0. The fourth-order valence-corrected chi connectivity index (χ4v) is 2.31. The number of amides is 1. The van der Waals surface area contributed by atoms with Crippen molar-refractivity contribution in [2.75, 3.05) is 5.32 Å². The Morgan fingerprint density at radius 2 is 1.95 bits per heavy atom. The maximum Gasteiger partial charge on any atom is 1.00 e. The predicted octanol–water partition coefficient (Wildman–Crippen LogP) is -1.98. The third kappa shape index (κ3) is 3.10. The van der Waals surface area contributed by atoms with Gasteiger partial charge in [-0.25, -0.2) is 14.6 Å². The fourth-order valence-electron chi connectivity index (χ4n) is 1.37. The minimum atomic E-state index is -1.69. The number of carbonyl (C=O) groups excluding carboxylic acids is 1. The van der Waals surface area contributed by atoms with Gasteiger partial charge in [0.2, 0.25) is 0 Å². The van der Waals surface area contributed by atoms with E-state index in [0.29, 0.717) is 10.2 Å². The van der Waals surface area contributed by atoms with Crippen LogP contribution in [-0.4, -0.2) is 33.0 Å². The Kier molecular flexibility index (Phi) is 5.01. The molecule has 0 saturated heterocycles. The molecule has 0 atom stereocenters. The van der Waals surface area contributed by atoms with Gasteiger partial charge < -0.3 is 15.5 Å². The molecule has 19 heavy (non-hydrogen) atoms. The Morgan fingerprint density at radius 3 is 2.53 bits per heavy atom. The van der Waals surface area contributed by atoms with Gasteiger partial charge in [0.05, 0.1) is 5.69 Å². The summed E-state index contributed by atoms with van der Waals surface area (Å²) < 4.78 is 0. The molecule has 7 nitrogen and oxygen atoms in total. The number of rotatable bonds is 2. The number of carboxylic acid groups (broad SMARTS) is 2. The van der Waals surface area contributed by atoms with E-state index in [2.05, 4.69) is 10.3 Å². The van der Waals surface area contributed by atoms with Crippen LogP contribution in [0.2, 0.25) is 0 Å². The standard InChI is InChI=1S/C10H6N2O5S.Na/c13-7(10(16)17)12-5-4-2-1-3-11-8(4)18-6(5)9(14)15;/h1-3H,(H,12,13)(H,14,15)(H,16,17);/q;+1. The van der Waals surface area contributed by atoms with Crippen molar-refractivity contribution in [3.63, 3.8) is 0 Å². The smallest absolute Gasteiger partial charge is 0.477 e. The number of nitrogens with one attached hydrogen (secondary N) is 1. The Bertz CT molecular complexity index is 669. The number of nitrogens with zero attached hydrogens (tertiary/aromatic N) is 1. The quantitative estimate of drug-likeness (QED) is 0.436. The van der Waals surface area contributed by atoms with E-state index in [1.54, 1.807) is 12.1 Å². The number of aromatic carboxylic acids is 1. The Morgan fingerprint density at radius 1 is 1.26 bits per heavy atom. The second kappa shape index (κ2) is 6.11. The van der Waals surface area contributed by atoms with Crippen LogP contribution in [-0.2, 0) is 9.59 Å². The van der Waals surface area contributed by atoms with Crippen molar-refractivity contribution in [3.8, 4) is 0 Å². The normalized spacial score (nSPS) is 9.68. The van der Waals surface area contributed by atoms with Crippen molar-refractivity contribution in [3.05, 3.63) is 23.2 Å². The molecule has 0 spiro atoms. The predicted molar refractivity (Wildman–Crippen MR) is 62.8 cm³/mol. The summed E-state index contributed by atoms with van der Waals surface area (Å²) in [5, 5.41) is 20.0. The number of pyridine rings is 1. The summed E-state index contributed by atoms with van der Waals surface area (Å²) in [6.07, 6.45) is 1.48. The molecule has 9 heteroatoms. The first kappa shape index (κ1) is 15.6. The van der Waals surface area contributed by atoms with Crippen molar-refractivity contribution >= 4 is 45.1 Å². The van der Waals surface area contributed by atoms with Gasteiger partial charge >= 0.3 is 47.4 Å². The van der Waals surface area contributed by atoms with E-state index in [4.69, 9.17) is 10.2 Å². The summed E-state index contributed by atoms with van der Waals surface area (Å²) in [6.45, 7) is 0. The van der Waals surface area contributed by atoms with E-state index >= 15 is 0 Å². The molecule has 3 N–H and O–H groups in total. The van der Waals surface area contributed by atoms with Crippen LogP contribution in [0.15, 0.2) is 18.3 Å². The molecule has 0 radical (unpaired) electrons. The Labute approximate surface area is 132 Å². The second-order valence-electron chi connectivity index (χ2n) is 3.23. The van der Waals surface area contributed by atoms with Crippen LogP contribution in [0.1, 0.15) is 9.67 Å². The molecule has 1 amide bonds. The summed E-state index contributed by atoms with van der Waals surface area (Å²) in [6, 6.07) is 3.12. The third-order valence-electron chi connectivity index (χ3n) is 2.09. The number of thiophene rings is 1. The van der Waals surface area contributed by atoms with Gasteiger partial charge in [-0.1, -0.05) is 0 Å². The van der Waals surface area contributed by atoms with Crippen molar-refractivity contribution in [2.45, 2.75) is 0 Å². The molecule has 2 aromatic heterocycles. The Balaban J connectivity index is 0.00000180. The molecule has 2 heterocycles. The molecule has 0 aliphatic carbocycles. The Hall–Kier alpha value is -1.48. The number of anilines is 1. The zero-order valence-corrected chi connectivity index (χ0v) is 12.5. The number of carboxylic acids is 2. The fraction of sp³-hybridized carbons (Fsp3) is 0. The van der Waals surface area contributed by atoms with Crippen molar-refractivity contribution in [1.29, 1.82) is 0 Å². The van der Waals surface area contributed by atoms with Crippen molar-refractivity contribution < 1.29 is 54.2 Å². The van der Waals surface area contributed by atoms with Crippen LogP contribution in [0.3, 0.4) is 0 Å². The molecular weight excluding hydrogens is 283 g/mol. The molecule has 0 bridgehead atoms. The molecule has 0 saturated carbocycles. The van der Waals surface area contributed by atoms with Crippen LogP contribution < -0.4 is 34.9 Å². The van der Waals surface area contributed by atoms with E-state index in [0.717, 1.165) is 11.3 Å². The topological polar surface area (TPSA) is 117 Å². The average Bonchev–Trinajstić information content (AvgIpc) is 2.68. The number of aliphatic carboxylic acids is 1. The number of aromatic nitrogens is 1. The SMILES string of the molecule is O=C(O)C(=O)Nc1c(C(=O)O)sc2ncccc12.[Na+]. The number of hydrogen-bond acceptors (Lipinski definition) is 5. The van der Waals surface area contributed by atoms with Crippen molar-refractivity contribution in [1.82, 2.24) is 4.98 Å². The van der Waals surface area contributed by atoms with Crippen LogP contribution >= 0.6 is 11.3 Å². The second-order valence-corrected chi connectivity index (χ2v) is 4.23. The molecule has 0 unspecified atom stereocenters. The van der Waals surface area contributed by atoms with E-state index in [1.807, 2.05) is 0 Å². The zero-order valence-electron chi connectivity index (χ0n) is 9.71. The maximum atomic E-state index is 11.1. The number of carbonyl (C=O) groups is 3. The molecule has 0 aliphatic heterocycles. The van der Waals surface area contributed by atoms with Gasteiger partial charge in [0.25, 0.3) is 0 Å². The van der Waals surface area contributed by atoms with Gasteiger partial charge in [-0.15, -0.1) is 11.3 Å². The molecule has 0 fully saturated rings. The minimum Gasteiger partial charge on any atom is -0.477 e. The largest absolute Gasteiger partial charge is 1.00 e. The van der Waals surface area contributed by atoms with Gasteiger partial charge in [0.1, 0.15) is 9.71 Å². The molecule has 0 aliphatic rings.